The van der Waals surface area contributed by atoms with Crippen LogP contribution in [0.5, 0.6) is 0 Å². The van der Waals surface area contributed by atoms with Gasteiger partial charge >= 0.3 is 0 Å². The van der Waals surface area contributed by atoms with Crippen LogP contribution in [-0.4, -0.2) is 21.1 Å². The third-order valence-electron chi connectivity index (χ3n) is 3.25. The van der Waals surface area contributed by atoms with Crippen molar-refractivity contribution >= 4 is 0 Å². The summed E-state index contributed by atoms with van der Waals surface area (Å²) in [4.78, 5) is 4.01. The molecule has 4 nitrogen and oxygen atoms in total. The van der Waals surface area contributed by atoms with E-state index in [-0.39, 0.29) is 5.54 Å². The molecule has 1 aliphatic rings. The molecule has 92 valence electrons. The van der Waals surface area contributed by atoms with Crippen molar-refractivity contribution < 1.29 is 0 Å². The highest BCUT2D eigenvalue weighted by Gasteiger charge is 2.31. The van der Waals surface area contributed by atoms with Gasteiger partial charge in [-0.05, 0) is 39.0 Å². The summed E-state index contributed by atoms with van der Waals surface area (Å²) < 4.78 is 2.08. The molecule has 0 amide bonds. The average Bonchev–Trinajstić information content (AvgIpc) is 2.97. The maximum Gasteiger partial charge on any atom is 0.104 e. The first kappa shape index (κ1) is 12.1. The summed E-state index contributed by atoms with van der Waals surface area (Å²) >= 11 is 0. The Morgan fingerprint density at radius 2 is 2.35 bits per heavy atom. The molecule has 1 atom stereocenters. The van der Waals surface area contributed by atoms with Gasteiger partial charge in [0, 0.05) is 25.0 Å². The average molecular weight is 232 g/mol. The molecule has 4 heteroatoms. The Bertz CT molecular complexity index is 375. The molecule has 1 aromatic rings. The zero-order valence-electron chi connectivity index (χ0n) is 10.4. The number of nitrogens with zero attached hydrogens (tertiary/aromatic N) is 3. The number of hydrogen-bond donors (Lipinski definition) is 1. The van der Waals surface area contributed by atoms with Crippen LogP contribution in [0.1, 0.15) is 39.0 Å². The summed E-state index contributed by atoms with van der Waals surface area (Å²) in [5, 5.41) is 12.6. The molecule has 1 N–H and O–H groups in total. The topological polar surface area (TPSA) is 53.6 Å². The SMILES string of the molecule is CC(C#N)(CCCCn1ccnc1)NC1CC1. The second-order valence-corrected chi connectivity index (χ2v) is 5.12. The van der Waals surface area contributed by atoms with Gasteiger partial charge in [-0.1, -0.05) is 0 Å². The summed E-state index contributed by atoms with van der Waals surface area (Å²) in [6.07, 6.45) is 11.2. The first-order valence-electron chi connectivity index (χ1n) is 6.36. The minimum atomic E-state index is -0.337. The van der Waals surface area contributed by atoms with Crippen LogP contribution < -0.4 is 5.32 Å². The number of nitrogens with one attached hydrogen (secondary N) is 1. The van der Waals surface area contributed by atoms with Gasteiger partial charge in [0.25, 0.3) is 0 Å². The molecule has 0 aliphatic heterocycles. The van der Waals surface area contributed by atoms with Crippen molar-refractivity contribution in [1.82, 2.24) is 14.9 Å². The number of unbranched alkanes of at least 4 members (excludes halogenated alkanes) is 1. The van der Waals surface area contributed by atoms with Crippen molar-refractivity contribution in [1.29, 1.82) is 5.26 Å². The lowest BCUT2D eigenvalue weighted by Gasteiger charge is -2.23. The fraction of sp³-hybridized carbons (Fsp3) is 0.692. The summed E-state index contributed by atoms with van der Waals surface area (Å²) in [7, 11) is 0. The molecule has 0 aromatic carbocycles. The van der Waals surface area contributed by atoms with E-state index in [1.165, 1.54) is 12.8 Å². The van der Waals surface area contributed by atoms with E-state index in [1.54, 1.807) is 6.20 Å². The van der Waals surface area contributed by atoms with Crippen molar-refractivity contribution in [2.45, 2.75) is 57.2 Å². The van der Waals surface area contributed by atoms with Gasteiger partial charge in [0.05, 0.1) is 12.4 Å². The van der Waals surface area contributed by atoms with E-state index in [9.17, 15) is 5.26 Å². The first-order chi connectivity index (χ1) is 8.22. The van der Waals surface area contributed by atoms with E-state index in [2.05, 4.69) is 20.9 Å². The number of aromatic nitrogens is 2. The van der Waals surface area contributed by atoms with Gasteiger partial charge in [0.15, 0.2) is 0 Å². The Morgan fingerprint density at radius 3 is 2.94 bits per heavy atom. The monoisotopic (exact) mass is 232 g/mol. The van der Waals surface area contributed by atoms with Gasteiger partial charge in [0.2, 0.25) is 0 Å². The second-order valence-electron chi connectivity index (χ2n) is 5.12. The van der Waals surface area contributed by atoms with Crippen LogP contribution in [0.2, 0.25) is 0 Å². The molecule has 1 aromatic heterocycles. The standard InChI is InChI=1S/C13H20N4/c1-13(10-14,16-12-4-5-12)6-2-3-8-17-9-7-15-11-17/h7,9,11-12,16H,2-6,8H2,1H3. The summed E-state index contributed by atoms with van der Waals surface area (Å²) in [6.45, 7) is 3.01. The normalized spacial score (nSPS) is 18.6. The van der Waals surface area contributed by atoms with Crippen LogP contribution in [0.15, 0.2) is 18.7 Å². The maximum absolute atomic E-state index is 9.22. The fourth-order valence-electron chi connectivity index (χ4n) is 2.03. The molecule has 0 radical (unpaired) electrons. The van der Waals surface area contributed by atoms with Crippen molar-refractivity contribution in [2.75, 3.05) is 0 Å². The summed E-state index contributed by atoms with van der Waals surface area (Å²) in [5.41, 5.74) is -0.337. The highest BCUT2D eigenvalue weighted by atomic mass is 15.0. The molecule has 1 unspecified atom stereocenters. The molecule has 2 rings (SSSR count). The summed E-state index contributed by atoms with van der Waals surface area (Å²) in [6, 6.07) is 3.00. The van der Waals surface area contributed by atoms with Crippen LogP contribution in [0.4, 0.5) is 0 Å². The quantitative estimate of drug-likeness (QED) is 0.732. The van der Waals surface area contributed by atoms with Gasteiger partial charge in [0.1, 0.15) is 5.54 Å². The highest BCUT2D eigenvalue weighted by Crippen LogP contribution is 2.24. The third kappa shape index (κ3) is 3.86. The predicted molar refractivity (Wildman–Crippen MR) is 66.3 cm³/mol. The lowest BCUT2D eigenvalue weighted by Crippen LogP contribution is -2.42. The molecule has 1 heterocycles. The van der Waals surface area contributed by atoms with E-state index in [0.717, 1.165) is 25.8 Å². The lowest BCUT2D eigenvalue weighted by molar-refractivity contribution is 0.392. The highest BCUT2D eigenvalue weighted by molar-refractivity contribution is 5.06. The molecule has 1 fully saturated rings. The Kier molecular flexibility index (Phi) is 3.80. The van der Waals surface area contributed by atoms with E-state index in [4.69, 9.17) is 0 Å². The molecular weight excluding hydrogens is 212 g/mol. The fourth-order valence-corrected chi connectivity index (χ4v) is 2.03. The number of imidazole rings is 1. The smallest absolute Gasteiger partial charge is 0.104 e. The molecular formula is C13H20N4. The van der Waals surface area contributed by atoms with Crippen LogP contribution in [0, 0.1) is 11.3 Å². The van der Waals surface area contributed by atoms with E-state index in [0.29, 0.717) is 6.04 Å². The van der Waals surface area contributed by atoms with Crippen molar-refractivity contribution in [3.63, 3.8) is 0 Å². The van der Waals surface area contributed by atoms with Gasteiger partial charge in [-0.25, -0.2) is 4.98 Å². The van der Waals surface area contributed by atoms with Gasteiger partial charge in [-0.3, -0.25) is 5.32 Å². The Labute approximate surface area is 103 Å². The molecule has 1 saturated carbocycles. The van der Waals surface area contributed by atoms with Gasteiger partial charge in [-0.2, -0.15) is 5.26 Å². The zero-order valence-corrected chi connectivity index (χ0v) is 10.4. The number of rotatable bonds is 7. The van der Waals surface area contributed by atoms with Crippen LogP contribution in [0.3, 0.4) is 0 Å². The third-order valence-corrected chi connectivity index (χ3v) is 3.25. The van der Waals surface area contributed by atoms with E-state index < -0.39 is 0 Å². The summed E-state index contributed by atoms with van der Waals surface area (Å²) in [5.74, 6) is 0. The predicted octanol–water partition coefficient (Wildman–Crippen LogP) is 2.09. The minimum absolute atomic E-state index is 0.337. The number of hydrogen-bond acceptors (Lipinski definition) is 3. The molecule has 0 spiro atoms. The Balaban J connectivity index is 1.67. The second kappa shape index (κ2) is 5.33. The van der Waals surface area contributed by atoms with Crippen molar-refractivity contribution in [3.8, 4) is 6.07 Å². The van der Waals surface area contributed by atoms with Crippen LogP contribution in [0.25, 0.3) is 0 Å². The van der Waals surface area contributed by atoms with Crippen LogP contribution >= 0.6 is 0 Å². The van der Waals surface area contributed by atoms with Crippen molar-refractivity contribution in [3.05, 3.63) is 18.7 Å². The molecule has 1 aliphatic carbocycles. The Morgan fingerprint density at radius 1 is 1.53 bits per heavy atom. The molecule has 17 heavy (non-hydrogen) atoms. The number of nitriles is 1. The molecule has 0 saturated heterocycles. The van der Waals surface area contributed by atoms with Crippen LogP contribution in [-0.2, 0) is 6.54 Å². The Hall–Kier alpha value is -1.34. The molecule has 0 bridgehead atoms. The van der Waals surface area contributed by atoms with Crippen molar-refractivity contribution in [2.24, 2.45) is 0 Å². The lowest BCUT2D eigenvalue weighted by atomic mass is 9.96. The van der Waals surface area contributed by atoms with E-state index >= 15 is 0 Å². The largest absolute Gasteiger partial charge is 0.337 e. The number of aryl methyl sites for hydroxylation is 1. The minimum Gasteiger partial charge on any atom is -0.337 e. The van der Waals surface area contributed by atoms with Gasteiger partial charge < -0.3 is 4.57 Å². The zero-order chi connectivity index (χ0) is 12.1. The maximum atomic E-state index is 9.22. The van der Waals surface area contributed by atoms with Gasteiger partial charge in [-0.15, -0.1) is 0 Å². The van der Waals surface area contributed by atoms with E-state index in [1.807, 2.05) is 19.4 Å². The first-order valence-corrected chi connectivity index (χ1v) is 6.36.